The number of hydrogen-bond acceptors (Lipinski definition) is 4. The van der Waals surface area contributed by atoms with Crippen molar-refractivity contribution in [3.63, 3.8) is 0 Å². The van der Waals surface area contributed by atoms with Gasteiger partial charge in [0.25, 0.3) is 0 Å². The molecule has 0 aromatic rings. The second-order valence-corrected chi connectivity index (χ2v) is 6.01. The number of nitrogens with zero attached hydrogens (tertiary/aromatic N) is 2. The summed E-state index contributed by atoms with van der Waals surface area (Å²) in [5, 5.41) is 2.92. The van der Waals surface area contributed by atoms with E-state index >= 15 is 0 Å². The lowest BCUT2D eigenvalue weighted by atomic mass is 9.85. The van der Waals surface area contributed by atoms with E-state index in [0.717, 1.165) is 6.42 Å². The molecule has 1 saturated heterocycles. The summed E-state index contributed by atoms with van der Waals surface area (Å²) in [7, 11) is 1.60. The quantitative estimate of drug-likeness (QED) is 0.153. The molecule has 0 aromatic heterocycles. The average molecular weight is 434 g/mol. The molecule has 2 fully saturated rings. The van der Waals surface area contributed by atoms with Gasteiger partial charge in [-0.3, -0.25) is 19.5 Å². The molecule has 0 aromatic carbocycles. The number of allylic oxidation sites excluding steroid dienone is 2. The minimum atomic E-state index is -0.129. The first kappa shape index (κ1) is 18.2. The summed E-state index contributed by atoms with van der Waals surface area (Å²) in [6, 6.07) is 0. The highest BCUT2D eigenvalue weighted by Crippen LogP contribution is 2.52. The summed E-state index contributed by atoms with van der Waals surface area (Å²) in [5.74, 6) is 0.505. The summed E-state index contributed by atoms with van der Waals surface area (Å²) in [6.45, 7) is 1.74. The van der Waals surface area contributed by atoms with E-state index in [-0.39, 0.29) is 59.5 Å². The number of ether oxygens (including phenoxy) is 1. The highest BCUT2D eigenvalue weighted by Gasteiger charge is 2.58. The molecule has 3 aliphatic rings. The number of carbonyl (C=O) groups is 2. The molecule has 2 aliphatic carbocycles. The lowest BCUT2D eigenvalue weighted by Gasteiger charge is -2.17. The van der Waals surface area contributed by atoms with Crippen LogP contribution in [0.3, 0.4) is 0 Å². The van der Waals surface area contributed by atoms with Crippen LogP contribution in [0.1, 0.15) is 6.42 Å². The van der Waals surface area contributed by atoms with Crippen molar-refractivity contribution < 1.29 is 14.3 Å². The van der Waals surface area contributed by atoms with Crippen LogP contribution in [0.4, 0.5) is 0 Å². The van der Waals surface area contributed by atoms with Crippen molar-refractivity contribution in [2.24, 2.45) is 34.4 Å². The number of imide groups is 1. The summed E-state index contributed by atoms with van der Waals surface area (Å²) < 4.78 is 4.88. The first-order chi connectivity index (χ1) is 10.6. The third-order valence-corrected chi connectivity index (χ3v) is 4.78. The Kier molecular flexibility index (Phi) is 6.01. The van der Waals surface area contributed by atoms with Crippen LogP contribution in [0.25, 0.3) is 0 Å². The zero-order chi connectivity index (χ0) is 15.7. The van der Waals surface area contributed by atoms with Crippen molar-refractivity contribution in [2.45, 2.75) is 6.42 Å². The number of aliphatic imine (C=N–C) groups is 1. The minimum Gasteiger partial charge on any atom is -0.383 e. The van der Waals surface area contributed by atoms with Crippen LogP contribution in [0, 0.1) is 23.7 Å². The molecule has 7 nitrogen and oxygen atoms in total. The van der Waals surface area contributed by atoms with Crippen LogP contribution in [-0.4, -0.2) is 56.0 Å². The monoisotopic (exact) mass is 434 g/mol. The van der Waals surface area contributed by atoms with Crippen LogP contribution >= 0.6 is 24.0 Å². The Morgan fingerprint density at radius 2 is 1.96 bits per heavy atom. The largest absolute Gasteiger partial charge is 0.383 e. The molecule has 1 aliphatic heterocycles. The number of fused-ring (bicyclic) bond motifs is 5. The van der Waals surface area contributed by atoms with Crippen LogP contribution in [0.15, 0.2) is 17.1 Å². The zero-order valence-corrected chi connectivity index (χ0v) is 15.4. The van der Waals surface area contributed by atoms with Gasteiger partial charge in [0.1, 0.15) is 0 Å². The topological polar surface area (TPSA) is 97.0 Å². The van der Waals surface area contributed by atoms with E-state index in [1.807, 2.05) is 0 Å². The lowest BCUT2D eigenvalue weighted by Crippen LogP contribution is -2.42. The van der Waals surface area contributed by atoms with Gasteiger partial charge < -0.3 is 15.8 Å². The number of likely N-dealkylation sites (tertiary alicyclic amines) is 1. The van der Waals surface area contributed by atoms with E-state index in [2.05, 4.69) is 22.5 Å². The lowest BCUT2D eigenvalue weighted by molar-refractivity contribution is -0.140. The molecule has 128 valence electrons. The number of nitrogens with two attached hydrogens (primary N) is 1. The fourth-order valence-corrected chi connectivity index (χ4v) is 3.79. The van der Waals surface area contributed by atoms with Crippen LogP contribution in [-0.2, 0) is 14.3 Å². The first-order valence-electron chi connectivity index (χ1n) is 7.69. The second-order valence-electron chi connectivity index (χ2n) is 6.01. The molecule has 8 heteroatoms. The summed E-state index contributed by atoms with van der Waals surface area (Å²) in [6.07, 6.45) is 5.15. The minimum absolute atomic E-state index is 0. The molecular formula is C15H23IN4O3. The van der Waals surface area contributed by atoms with Gasteiger partial charge in [-0.1, -0.05) is 12.2 Å². The highest BCUT2D eigenvalue weighted by molar-refractivity contribution is 14.0. The van der Waals surface area contributed by atoms with Gasteiger partial charge in [-0.2, -0.15) is 0 Å². The Hall–Kier alpha value is -1.16. The van der Waals surface area contributed by atoms with Crippen LogP contribution in [0.5, 0.6) is 0 Å². The molecule has 1 saturated carbocycles. The van der Waals surface area contributed by atoms with Crippen molar-refractivity contribution in [1.29, 1.82) is 0 Å². The molecule has 23 heavy (non-hydrogen) atoms. The van der Waals surface area contributed by atoms with Gasteiger partial charge in [-0.15, -0.1) is 24.0 Å². The SMILES string of the molecule is COCCN=C(N)NCCN1C(=O)C2C3C=CC(C3)C2C1=O.I. The number of rotatable bonds is 6. The molecule has 1 heterocycles. The van der Waals surface area contributed by atoms with Crippen LogP contribution in [0.2, 0.25) is 0 Å². The third-order valence-electron chi connectivity index (χ3n) is 4.78. The molecule has 0 radical (unpaired) electrons. The molecule has 2 amide bonds. The predicted octanol–water partition coefficient (Wildman–Crippen LogP) is -0.0378. The number of amides is 2. The molecule has 2 bridgehead atoms. The smallest absolute Gasteiger partial charge is 0.233 e. The molecule has 3 rings (SSSR count). The predicted molar refractivity (Wildman–Crippen MR) is 96.2 cm³/mol. The maximum atomic E-state index is 12.4. The van der Waals surface area contributed by atoms with E-state index in [0.29, 0.717) is 32.2 Å². The van der Waals surface area contributed by atoms with Crippen molar-refractivity contribution in [3.05, 3.63) is 12.2 Å². The summed E-state index contributed by atoms with van der Waals surface area (Å²) >= 11 is 0. The Morgan fingerprint density at radius 1 is 1.35 bits per heavy atom. The normalized spacial score (nSPS) is 31.5. The van der Waals surface area contributed by atoms with E-state index < -0.39 is 0 Å². The fraction of sp³-hybridized carbons (Fsp3) is 0.667. The summed E-state index contributed by atoms with van der Waals surface area (Å²) in [5.41, 5.74) is 5.70. The van der Waals surface area contributed by atoms with Gasteiger partial charge in [0, 0.05) is 20.2 Å². The molecule has 0 spiro atoms. The Bertz CT molecular complexity index is 507. The van der Waals surface area contributed by atoms with Crippen molar-refractivity contribution >= 4 is 41.8 Å². The number of halogens is 1. The third kappa shape index (κ3) is 3.37. The standard InChI is InChI=1S/C15H22N4O3.HI/c1-22-7-5-18-15(16)17-4-6-19-13(20)11-9-2-3-10(8-9)12(11)14(19)21;/h2-3,9-12H,4-8H2,1H3,(H3,16,17,18);1H. The van der Waals surface area contributed by atoms with Crippen molar-refractivity contribution in [3.8, 4) is 0 Å². The van der Waals surface area contributed by atoms with E-state index in [1.54, 1.807) is 7.11 Å². The Labute approximate surface area is 152 Å². The van der Waals surface area contributed by atoms with Gasteiger partial charge in [0.15, 0.2) is 5.96 Å². The number of hydrogen-bond donors (Lipinski definition) is 2. The molecule has 4 atom stereocenters. The highest BCUT2D eigenvalue weighted by atomic mass is 127. The van der Waals surface area contributed by atoms with E-state index in [1.165, 1.54) is 4.90 Å². The maximum absolute atomic E-state index is 12.4. The number of carbonyl (C=O) groups excluding carboxylic acids is 2. The zero-order valence-electron chi connectivity index (χ0n) is 13.1. The Balaban J connectivity index is 0.00000192. The second kappa shape index (κ2) is 7.61. The van der Waals surface area contributed by atoms with Gasteiger partial charge in [0.2, 0.25) is 11.8 Å². The maximum Gasteiger partial charge on any atom is 0.233 e. The number of guanidine groups is 1. The first-order valence-corrected chi connectivity index (χ1v) is 7.69. The van der Waals surface area contributed by atoms with Crippen molar-refractivity contribution in [2.75, 3.05) is 33.4 Å². The molecule has 4 unspecified atom stereocenters. The van der Waals surface area contributed by atoms with Crippen LogP contribution < -0.4 is 11.1 Å². The van der Waals surface area contributed by atoms with Gasteiger partial charge in [-0.25, -0.2) is 0 Å². The van der Waals surface area contributed by atoms with Gasteiger partial charge in [0.05, 0.1) is 25.0 Å². The fourth-order valence-electron chi connectivity index (χ4n) is 3.79. The van der Waals surface area contributed by atoms with Gasteiger partial charge in [-0.05, 0) is 18.3 Å². The molecular weight excluding hydrogens is 411 g/mol. The number of methoxy groups -OCH3 is 1. The average Bonchev–Trinajstić information content (AvgIpc) is 3.16. The van der Waals surface area contributed by atoms with E-state index in [9.17, 15) is 9.59 Å². The number of nitrogens with one attached hydrogen (secondary N) is 1. The van der Waals surface area contributed by atoms with Crippen molar-refractivity contribution in [1.82, 2.24) is 10.2 Å². The summed E-state index contributed by atoms with van der Waals surface area (Å²) in [4.78, 5) is 30.3. The van der Waals surface area contributed by atoms with E-state index in [4.69, 9.17) is 10.5 Å². The molecule has 3 N–H and O–H groups in total. The Morgan fingerprint density at radius 3 is 2.52 bits per heavy atom. The van der Waals surface area contributed by atoms with Gasteiger partial charge >= 0.3 is 0 Å².